The Morgan fingerprint density at radius 2 is 2.13 bits per heavy atom. The minimum absolute atomic E-state index is 0.211. The molecule has 2 atom stereocenters. The lowest BCUT2D eigenvalue weighted by molar-refractivity contribution is -0.142. The topological polar surface area (TPSA) is 74.8 Å². The summed E-state index contributed by atoms with van der Waals surface area (Å²) >= 11 is 0. The van der Waals surface area contributed by atoms with Crippen LogP contribution in [0.25, 0.3) is 0 Å². The number of nitrogens with one attached hydrogen (secondary N) is 1. The number of ketones is 1. The van der Waals surface area contributed by atoms with Crippen LogP contribution in [0, 0.1) is 5.92 Å². The van der Waals surface area contributed by atoms with Gasteiger partial charge in [-0.05, 0) is 25.0 Å². The fourth-order valence-corrected chi connectivity index (χ4v) is 2.95. The maximum Gasteiger partial charge on any atom is 0.237 e. The first-order chi connectivity index (χ1) is 11.0. The molecule has 2 aliphatic rings. The Morgan fingerprint density at radius 3 is 2.78 bits per heavy atom. The number of nitrogens with zero attached hydrogens (tertiary/aromatic N) is 3. The van der Waals surface area contributed by atoms with Gasteiger partial charge in [0, 0.05) is 34.3 Å². The van der Waals surface area contributed by atoms with Gasteiger partial charge < -0.3 is 19.9 Å². The Bertz CT molecular complexity index is 626. The molecule has 3 heterocycles. The number of rotatable bonds is 3. The van der Waals surface area contributed by atoms with E-state index >= 15 is 0 Å². The molecular weight excluding hydrogens is 296 g/mol. The molecule has 1 fully saturated rings. The lowest BCUT2D eigenvalue weighted by atomic mass is 9.94. The van der Waals surface area contributed by atoms with Crippen molar-refractivity contribution in [1.82, 2.24) is 9.88 Å². The minimum atomic E-state index is -0.749. The summed E-state index contributed by atoms with van der Waals surface area (Å²) in [6.45, 7) is 0.959. The average molecular weight is 318 g/mol. The molecule has 3 rings (SSSR count). The van der Waals surface area contributed by atoms with Gasteiger partial charge in [-0.25, -0.2) is 4.98 Å². The zero-order valence-corrected chi connectivity index (χ0v) is 13.7. The van der Waals surface area contributed by atoms with Crippen molar-refractivity contribution in [3.63, 3.8) is 0 Å². The minimum Gasteiger partial charge on any atom is -0.382 e. The molecule has 2 unspecified atom stereocenters. The Kier molecular flexibility index (Phi) is 4.21. The van der Waals surface area contributed by atoms with E-state index < -0.39 is 5.92 Å². The Morgan fingerprint density at radius 1 is 1.35 bits per heavy atom. The van der Waals surface area contributed by atoms with Crippen molar-refractivity contribution < 1.29 is 14.3 Å². The van der Waals surface area contributed by atoms with Crippen LogP contribution in [0.4, 0.5) is 11.5 Å². The molecule has 0 aliphatic carbocycles. The van der Waals surface area contributed by atoms with E-state index in [0.717, 1.165) is 12.8 Å². The van der Waals surface area contributed by atoms with E-state index in [1.807, 2.05) is 31.1 Å². The summed E-state index contributed by atoms with van der Waals surface area (Å²) in [7, 11) is 5.43. The monoisotopic (exact) mass is 318 g/mol. The zero-order valence-electron chi connectivity index (χ0n) is 13.7. The van der Waals surface area contributed by atoms with Gasteiger partial charge in [0.05, 0.1) is 5.69 Å². The number of carbonyl (C=O) groups excluding carboxylic acids is 2. The SMILES string of the molecule is CN(C)c1ccc2c(n1)C(=O)C(C(=O)N(C)C1CCCO1)CN2. The third-order valence-electron chi connectivity index (χ3n) is 4.37. The van der Waals surface area contributed by atoms with Crippen LogP contribution in [0.3, 0.4) is 0 Å². The predicted octanol–water partition coefficient (Wildman–Crippen LogP) is 0.967. The van der Waals surface area contributed by atoms with Gasteiger partial charge in [-0.1, -0.05) is 0 Å². The maximum absolute atomic E-state index is 12.7. The van der Waals surface area contributed by atoms with E-state index in [1.165, 1.54) is 0 Å². The van der Waals surface area contributed by atoms with E-state index in [0.29, 0.717) is 30.4 Å². The van der Waals surface area contributed by atoms with Crippen LogP contribution >= 0.6 is 0 Å². The lowest BCUT2D eigenvalue weighted by Crippen LogP contribution is -2.47. The molecule has 23 heavy (non-hydrogen) atoms. The molecular formula is C16H22N4O3. The van der Waals surface area contributed by atoms with E-state index in [9.17, 15) is 9.59 Å². The van der Waals surface area contributed by atoms with Crippen molar-refractivity contribution in [2.75, 3.05) is 44.5 Å². The summed E-state index contributed by atoms with van der Waals surface area (Å²) < 4.78 is 5.53. The van der Waals surface area contributed by atoms with E-state index in [1.54, 1.807) is 11.9 Å². The average Bonchev–Trinajstić information content (AvgIpc) is 3.08. The summed E-state index contributed by atoms with van der Waals surface area (Å²) in [4.78, 5) is 33.2. The molecule has 2 aliphatic heterocycles. The standard InChI is InChI=1S/C16H22N4O3/c1-19(2)12-7-6-11-14(18-12)15(21)10(9-17-11)16(22)20(3)13-5-4-8-23-13/h6-7,10,13,17H,4-5,8-9H2,1-3H3. The van der Waals surface area contributed by atoms with Gasteiger partial charge in [0.1, 0.15) is 23.7 Å². The van der Waals surface area contributed by atoms with Gasteiger partial charge in [0.15, 0.2) is 5.78 Å². The second-order valence-corrected chi connectivity index (χ2v) is 6.17. The quantitative estimate of drug-likeness (QED) is 0.837. The number of aromatic nitrogens is 1. The zero-order chi connectivity index (χ0) is 16.6. The molecule has 0 bridgehead atoms. The summed E-state index contributed by atoms with van der Waals surface area (Å²) in [6, 6.07) is 3.68. The normalized spacial score (nSPS) is 23.2. The first kappa shape index (κ1) is 15.7. The summed E-state index contributed by atoms with van der Waals surface area (Å²) in [6.07, 6.45) is 1.53. The summed E-state index contributed by atoms with van der Waals surface area (Å²) in [5, 5.41) is 3.15. The second-order valence-electron chi connectivity index (χ2n) is 6.17. The highest BCUT2D eigenvalue weighted by Gasteiger charge is 2.38. The van der Waals surface area contributed by atoms with Crippen LogP contribution in [0.1, 0.15) is 23.3 Å². The van der Waals surface area contributed by atoms with Gasteiger partial charge in [-0.3, -0.25) is 9.59 Å². The van der Waals surface area contributed by atoms with Crippen molar-refractivity contribution in [2.24, 2.45) is 5.92 Å². The number of hydrogen-bond donors (Lipinski definition) is 1. The van der Waals surface area contributed by atoms with Gasteiger partial charge >= 0.3 is 0 Å². The number of Topliss-reactive ketones (excluding diaryl/α,β-unsaturated/α-hetero) is 1. The van der Waals surface area contributed by atoms with Crippen molar-refractivity contribution in [2.45, 2.75) is 19.1 Å². The van der Waals surface area contributed by atoms with E-state index in [4.69, 9.17) is 4.74 Å². The molecule has 1 aromatic rings. The molecule has 0 aromatic carbocycles. The number of carbonyl (C=O) groups is 2. The summed E-state index contributed by atoms with van der Waals surface area (Å²) in [5.41, 5.74) is 1.02. The fourth-order valence-electron chi connectivity index (χ4n) is 2.95. The molecule has 124 valence electrons. The van der Waals surface area contributed by atoms with Gasteiger partial charge in [0.25, 0.3) is 0 Å². The third kappa shape index (κ3) is 2.88. The van der Waals surface area contributed by atoms with Crippen LogP contribution < -0.4 is 10.2 Å². The highest BCUT2D eigenvalue weighted by atomic mass is 16.5. The number of ether oxygens (including phenoxy) is 1. The van der Waals surface area contributed by atoms with Gasteiger partial charge in [0.2, 0.25) is 5.91 Å². The lowest BCUT2D eigenvalue weighted by Gasteiger charge is -2.30. The van der Waals surface area contributed by atoms with Gasteiger partial charge in [-0.15, -0.1) is 0 Å². The first-order valence-corrected chi connectivity index (χ1v) is 7.83. The second kappa shape index (κ2) is 6.16. The maximum atomic E-state index is 12.7. The van der Waals surface area contributed by atoms with Crippen LogP contribution in [-0.4, -0.2) is 62.1 Å². The predicted molar refractivity (Wildman–Crippen MR) is 86.6 cm³/mol. The largest absolute Gasteiger partial charge is 0.382 e. The number of pyridine rings is 1. The first-order valence-electron chi connectivity index (χ1n) is 7.83. The van der Waals surface area contributed by atoms with Crippen LogP contribution in [-0.2, 0) is 9.53 Å². The molecule has 1 saturated heterocycles. The highest BCUT2D eigenvalue weighted by molar-refractivity contribution is 6.13. The number of hydrogen-bond acceptors (Lipinski definition) is 6. The number of anilines is 2. The molecule has 1 amide bonds. The Hall–Kier alpha value is -2.15. The van der Waals surface area contributed by atoms with Crippen LogP contribution in [0.5, 0.6) is 0 Å². The van der Waals surface area contributed by atoms with Crippen molar-refractivity contribution in [3.05, 3.63) is 17.8 Å². The smallest absolute Gasteiger partial charge is 0.237 e. The van der Waals surface area contributed by atoms with Crippen molar-refractivity contribution in [1.29, 1.82) is 0 Å². The molecule has 0 radical (unpaired) electrons. The molecule has 0 saturated carbocycles. The molecule has 1 aromatic heterocycles. The Labute approximate surface area is 135 Å². The number of fused-ring (bicyclic) bond motifs is 1. The van der Waals surface area contributed by atoms with E-state index in [2.05, 4.69) is 10.3 Å². The molecule has 1 N–H and O–H groups in total. The molecule has 0 spiro atoms. The summed E-state index contributed by atoms with van der Waals surface area (Å²) in [5.74, 6) is -0.490. The third-order valence-corrected chi connectivity index (χ3v) is 4.37. The van der Waals surface area contributed by atoms with E-state index in [-0.39, 0.29) is 17.9 Å². The Balaban J connectivity index is 1.82. The molecule has 7 heteroatoms. The number of amides is 1. The fraction of sp³-hybridized carbons (Fsp3) is 0.562. The van der Waals surface area contributed by atoms with Crippen molar-refractivity contribution in [3.8, 4) is 0 Å². The highest BCUT2D eigenvalue weighted by Crippen LogP contribution is 2.27. The van der Waals surface area contributed by atoms with Crippen molar-refractivity contribution >= 4 is 23.2 Å². The van der Waals surface area contributed by atoms with Crippen LogP contribution in [0.2, 0.25) is 0 Å². The van der Waals surface area contributed by atoms with Crippen LogP contribution in [0.15, 0.2) is 12.1 Å². The van der Waals surface area contributed by atoms with Gasteiger partial charge in [-0.2, -0.15) is 0 Å². The molecule has 7 nitrogen and oxygen atoms in total.